The van der Waals surface area contributed by atoms with Crippen LogP contribution < -0.4 is 0 Å². The Hall–Kier alpha value is -0.540. The number of hydrogen-bond acceptors (Lipinski definition) is 8. The molecular weight excluding hydrogens is 812 g/mol. The summed E-state index contributed by atoms with van der Waals surface area (Å²) in [5.74, 6) is -0.373. The van der Waals surface area contributed by atoms with Gasteiger partial charge in [0.2, 0.25) is 0 Å². The van der Waals surface area contributed by atoms with Gasteiger partial charge in [-0.15, -0.1) is 0 Å². The van der Waals surface area contributed by atoms with Gasteiger partial charge in [0.05, 0.1) is 26.4 Å². The quantitative estimate of drug-likeness (QED) is 0.0310. The summed E-state index contributed by atoms with van der Waals surface area (Å²) in [4.78, 5) is 22.7. The number of ether oxygens (including phenoxy) is 2. The van der Waals surface area contributed by atoms with E-state index >= 15 is 0 Å². The number of rotatable bonds is 54. The molecule has 0 aromatic rings. The first-order chi connectivity index (χ1) is 30.8. The molecule has 0 aromatic heterocycles. The van der Waals surface area contributed by atoms with E-state index in [-0.39, 0.29) is 25.6 Å². The molecule has 0 bridgehead atoms. The summed E-state index contributed by atoms with van der Waals surface area (Å²) in [7, 11) is -4.51. The van der Waals surface area contributed by atoms with Crippen LogP contribution in [-0.2, 0) is 27.9 Å². The Morgan fingerprint density at radius 2 is 0.714 bits per heavy atom. The van der Waals surface area contributed by atoms with Crippen LogP contribution in [0.5, 0.6) is 0 Å². The van der Waals surface area contributed by atoms with E-state index in [2.05, 4.69) is 13.8 Å². The zero-order valence-corrected chi connectivity index (χ0v) is 42.7. The monoisotopic (exact) mass is 919 g/mol. The second-order valence-corrected chi connectivity index (χ2v) is 20.4. The van der Waals surface area contributed by atoms with E-state index in [1.54, 1.807) is 0 Å². The Morgan fingerprint density at radius 1 is 0.429 bits per heavy atom. The average Bonchev–Trinajstić information content (AvgIpc) is 3.28. The second-order valence-electron chi connectivity index (χ2n) is 19.0. The zero-order chi connectivity index (χ0) is 46.0. The molecule has 1 unspecified atom stereocenters. The number of phosphoric ester groups is 1. The third-order valence-corrected chi connectivity index (χ3v) is 13.5. The molecule has 0 amide bonds. The van der Waals surface area contributed by atoms with Crippen LogP contribution in [0.1, 0.15) is 290 Å². The highest BCUT2D eigenvalue weighted by molar-refractivity contribution is 7.47. The van der Waals surface area contributed by atoms with E-state index in [1.165, 1.54) is 238 Å². The Bertz CT molecular complexity index is 953. The van der Waals surface area contributed by atoms with Crippen molar-refractivity contribution in [3.8, 4) is 0 Å². The molecule has 378 valence electrons. The smallest absolute Gasteiger partial charge is 0.457 e. The summed E-state index contributed by atoms with van der Waals surface area (Å²) in [6.07, 6.45) is 53.9. The number of aliphatic hydroxyl groups is 2. The van der Waals surface area contributed by atoms with Crippen LogP contribution in [0.25, 0.3) is 0 Å². The van der Waals surface area contributed by atoms with Crippen molar-refractivity contribution < 1.29 is 43.0 Å². The summed E-state index contributed by atoms with van der Waals surface area (Å²) in [5.41, 5.74) is 0. The minimum atomic E-state index is -4.51. The Balaban J connectivity index is 3.83. The standard InChI is InChI=1S/C53H107O9P/c1-3-5-7-9-11-13-15-17-18-19-20-21-22-23-24-25-26-27-28-29-30-31-32-33-34-35-37-39-41-43-45-53(56)62-52(50-61-63(57,58)60-48-51(55)47-54)49-59-46-44-42-40-38-36-16-14-12-10-8-6-4-2/h51-52,54-55H,3-50H2,1-2H3,(H,57,58)/t51-,52+/m0/s1. The van der Waals surface area contributed by atoms with Crippen LogP contribution in [0.15, 0.2) is 0 Å². The number of unbranched alkanes of at least 4 members (excludes halogenated alkanes) is 40. The lowest BCUT2D eigenvalue weighted by Crippen LogP contribution is -2.29. The van der Waals surface area contributed by atoms with Gasteiger partial charge < -0.3 is 24.6 Å². The van der Waals surface area contributed by atoms with Crippen LogP contribution in [0, 0.1) is 0 Å². The van der Waals surface area contributed by atoms with E-state index in [1.807, 2.05) is 0 Å². The van der Waals surface area contributed by atoms with Gasteiger partial charge in [0, 0.05) is 13.0 Å². The molecule has 0 saturated heterocycles. The Labute approximate surface area is 390 Å². The number of esters is 1. The Kier molecular flexibility index (Phi) is 50.4. The fraction of sp³-hybridized carbons (Fsp3) is 0.981. The van der Waals surface area contributed by atoms with Crippen molar-refractivity contribution in [1.82, 2.24) is 0 Å². The molecule has 0 fully saturated rings. The first kappa shape index (κ1) is 62.5. The van der Waals surface area contributed by atoms with Gasteiger partial charge in [-0.3, -0.25) is 13.8 Å². The van der Waals surface area contributed by atoms with Crippen LogP contribution >= 0.6 is 7.82 Å². The number of carbonyl (C=O) groups excluding carboxylic acids is 1. The van der Waals surface area contributed by atoms with Gasteiger partial charge in [-0.25, -0.2) is 4.57 Å². The van der Waals surface area contributed by atoms with Gasteiger partial charge in [0.25, 0.3) is 0 Å². The molecular formula is C53H107O9P. The predicted octanol–water partition coefficient (Wildman–Crippen LogP) is 16.2. The molecule has 63 heavy (non-hydrogen) atoms. The van der Waals surface area contributed by atoms with Gasteiger partial charge in [0.15, 0.2) is 0 Å². The van der Waals surface area contributed by atoms with Crippen molar-refractivity contribution in [3.05, 3.63) is 0 Å². The molecule has 0 saturated carbocycles. The molecule has 0 rings (SSSR count). The highest BCUT2D eigenvalue weighted by atomic mass is 31.2. The van der Waals surface area contributed by atoms with Gasteiger partial charge >= 0.3 is 13.8 Å². The van der Waals surface area contributed by atoms with Crippen LogP contribution in [0.3, 0.4) is 0 Å². The van der Waals surface area contributed by atoms with Crippen molar-refractivity contribution in [2.24, 2.45) is 0 Å². The zero-order valence-electron chi connectivity index (χ0n) is 41.8. The third-order valence-electron chi connectivity index (χ3n) is 12.5. The van der Waals surface area contributed by atoms with Crippen molar-refractivity contribution in [3.63, 3.8) is 0 Å². The normalized spacial score (nSPS) is 13.7. The van der Waals surface area contributed by atoms with E-state index < -0.39 is 33.2 Å². The molecule has 0 aliphatic rings. The maximum atomic E-state index is 12.7. The fourth-order valence-electron chi connectivity index (χ4n) is 8.36. The number of aliphatic hydroxyl groups excluding tert-OH is 2. The summed E-state index contributed by atoms with van der Waals surface area (Å²) >= 11 is 0. The molecule has 0 aromatic carbocycles. The van der Waals surface area contributed by atoms with Gasteiger partial charge in [-0.05, 0) is 12.8 Å². The lowest BCUT2D eigenvalue weighted by atomic mass is 10.0. The SMILES string of the molecule is CCCCCCCCCCCCCCCCCCCCCCCCCCCCCCCCC(=O)O[C@H](COCCCCCCCCCCCCCC)COP(=O)(O)OC[C@@H](O)CO. The first-order valence-corrected chi connectivity index (χ1v) is 29.0. The van der Waals surface area contributed by atoms with Crippen molar-refractivity contribution in [2.45, 2.75) is 302 Å². The highest BCUT2D eigenvalue weighted by Crippen LogP contribution is 2.43. The number of hydrogen-bond donors (Lipinski definition) is 3. The van der Waals surface area contributed by atoms with Gasteiger partial charge in [-0.1, -0.05) is 271 Å². The minimum absolute atomic E-state index is 0.0582. The van der Waals surface area contributed by atoms with Crippen LogP contribution in [0.2, 0.25) is 0 Å². The topological polar surface area (TPSA) is 132 Å². The van der Waals surface area contributed by atoms with E-state index in [0.29, 0.717) is 6.61 Å². The summed E-state index contributed by atoms with van der Waals surface area (Å²) in [6.45, 7) is 3.60. The maximum Gasteiger partial charge on any atom is 0.472 e. The molecule has 0 aliphatic heterocycles. The van der Waals surface area contributed by atoms with E-state index in [0.717, 1.165) is 32.1 Å². The molecule has 0 radical (unpaired) electrons. The number of phosphoric acid groups is 1. The lowest BCUT2D eigenvalue weighted by molar-refractivity contribution is -0.154. The first-order valence-electron chi connectivity index (χ1n) is 27.5. The molecule has 3 atom stereocenters. The minimum Gasteiger partial charge on any atom is -0.457 e. The second kappa shape index (κ2) is 50.9. The average molecular weight is 919 g/mol. The van der Waals surface area contributed by atoms with Crippen molar-refractivity contribution in [1.29, 1.82) is 0 Å². The molecule has 0 spiro atoms. The maximum absolute atomic E-state index is 12.7. The van der Waals surface area contributed by atoms with E-state index in [9.17, 15) is 19.4 Å². The van der Waals surface area contributed by atoms with Crippen LogP contribution in [-0.4, -0.2) is 66.3 Å². The molecule has 0 heterocycles. The summed E-state index contributed by atoms with van der Waals surface area (Å²) in [5, 5.41) is 18.4. The molecule has 0 aliphatic carbocycles. The molecule has 9 nitrogen and oxygen atoms in total. The van der Waals surface area contributed by atoms with E-state index in [4.69, 9.17) is 23.6 Å². The lowest BCUT2D eigenvalue weighted by Gasteiger charge is -2.20. The molecule has 3 N–H and O–H groups in total. The van der Waals surface area contributed by atoms with Crippen molar-refractivity contribution in [2.75, 3.05) is 33.0 Å². The van der Waals surface area contributed by atoms with Crippen molar-refractivity contribution >= 4 is 13.8 Å². The number of carbonyl (C=O) groups is 1. The van der Waals surface area contributed by atoms with Gasteiger partial charge in [0.1, 0.15) is 12.2 Å². The Morgan fingerprint density at radius 3 is 1.03 bits per heavy atom. The van der Waals surface area contributed by atoms with Crippen LogP contribution in [0.4, 0.5) is 0 Å². The fourth-order valence-corrected chi connectivity index (χ4v) is 9.15. The summed E-state index contributed by atoms with van der Waals surface area (Å²) < 4.78 is 33.5. The summed E-state index contributed by atoms with van der Waals surface area (Å²) in [6, 6.07) is 0. The largest absolute Gasteiger partial charge is 0.472 e. The highest BCUT2D eigenvalue weighted by Gasteiger charge is 2.26. The predicted molar refractivity (Wildman–Crippen MR) is 265 cm³/mol. The van der Waals surface area contributed by atoms with Gasteiger partial charge in [-0.2, -0.15) is 0 Å². The molecule has 10 heteroatoms. The third kappa shape index (κ3) is 50.7.